The molecule has 0 aliphatic carbocycles. The van der Waals surface area contributed by atoms with Crippen molar-refractivity contribution in [2.75, 3.05) is 0 Å². The van der Waals surface area contributed by atoms with E-state index in [9.17, 15) is 22.0 Å². The van der Waals surface area contributed by atoms with E-state index in [4.69, 9.17) is 0 Å². The molecule has 6 heteroatoms. The van der Waals surface area contributed by atoms with Crippen LogP contribution in [0.15, 0.2) is 0 Å². The summed E-state index contributed by atoms with van der Waals surface area (Å²) >= 11 is 2.47. The van der Waals surface area contributed by atoms with Gasteiger partial charge in [-0.1, -0.05) is 74.2 Å². The minimum Gasteiger partial charge on any atom is -0.195 e. The van der Waals surface area contributed by atoms with E-state index in [1.807, 2.05) is 0 Å². The third-order valence-electron chi connectivity index (χ3n) is 3.08. The van der Waals surface area contributed by atoms with Crippen LogP contribution in [0.2, 0.25) is 0 Å². The average Bonchev–Trinajstić information content (AvgIpc) is 2.30. The van der Waals surface area contributed by atoms with E-state index < -0.39 is 16.9 Å². The van der Waals surface area contributed by atoms with Gasteiger partial charge in [-0.25, -0.2) is 0 Å². The number of unbranched alkanes of at least 4 members (excludes halogenated alkanes) is 7. The normalized spacial score (nSPS) is 14.7. The van der Waals surface area contributed by atoms with Gasteiger partial charge >= 0.3 is 12.1 Å². The maximum Gasteiger partial charge on any atom is 0.454 e. The van der Waals surface area contributed by atoms with Gasteiger partial charge in [0.15, 0.2) is 0 Å². The fraction of sp³-hybridized carbons (Fsp3) is 1.00. The first-order valence-electron chi connectivity index (χ1n) is 6.82. The zero-order valence-corrected chi connectivity index (χ0v) is 12.8. The molecule has 0 aromatic rings. The van der Waals surface area contributed by atoms with Crippen molar-refractivity contribution < 1.29 is 22.0 Å². The van der Waals surface area contributed by atoms with Gasteiger partial charge in [0.25, 0.3) is 0 Å². The second kappa shape index (κ2) is 9.14. The maximum absolute atomic E-state index is 12.9. The number of halogens is 6. The third-order valence-corrected chi connectivity index (χ3v) is 4.12. The largest absolute Gasteiger partial charge is 0.454 e. The number of alkyl halides is 6. The molecule has 0 N–H and O–H groups in total. The highest BCUT2D eigenvalue weighted by Crippen LogP contribution is 2.42. The molecule has 1 unspecified atom stereocenters. The van der Waals surface area contributed by atoms with Gasteiger partial charge in [0.1, 0.15) is 0 Å². The topological polar surface area (TPSA) is 0 Å². The molecule has 0 aliphatic rings. The summed E-state index contributed by atoms with van der Waals surface area (Å²) in [6.45, 7) is 2.12. The fourth-order valence-corrected chi connectivity index (χ4v) is 2.40. The molecular weight excluding hydrogens is 331 g/mol. The molecule has 0 saturated carbocycles. The van der Waals surface area contributed by atoms with Crippen LogP contribution in [-0.2, 0) is 0 Å². The van der Waals surface area contributed by atoms with Crippen molar-refractivity contribution in [1.29, 1.82) is 0 Å². The van der Waals surface area contributed by atoms with Gasteiger partial charge in [-0.05, 0) is 6.42 Å². The molecule has 0 fully saturated rings. The molecule has 0 rings (SSSR count). The quantitative estimate of drug-likeness (QED) is 0.240. The lowest BCUT2D eigenvalue weighted by molar-refractivity contribution is -0.281. The molecule has 0 heterocycles. The van der Waals surface area contributed by atoms with E-state index in [0.717, 1.165) is 25.7 Å². The summed E-state index contributed by atoms with van der Waals surface area (Å²) in [5, 5.41) is 0. The molecular formula is C13H22BrF5. The van der Waals surface area contributed by atoms with Crippen molar-refractivity contribution in [3.8, 4) is 0 Å². The summed E-state index contributed by atoms with van der Waals surface area (Å²) in [5.74, 6) is -4.64. The molecule has 0 saturated heterocycles. The zero-order valence-electron chi connectivity index (χ0n) is 11.2. The first-order chi connectivity index (χ1) is 8.73. The minimum absolute atomic E-state index is 0.151. The van der Waals surface area contributed by atoms with E-state index in [0.29, 0.717) is 12.8 Å². The molecule has 116 valence electrons. The third kappa shape index (κ3) is 7.47. The first-order valence-corrected chi connectivity index (χ1v) is 7.73. The Labute approximate surface area is 120 Å². The molecule has 0 aromatic carbocycles. The predicted molar refractivity (Wildman–Crippen MR) is 70.9 cm³/mol. The van der Waals surface area contributed by atoms with Crippen molar-refractivity contribution in [1.82, 2.24) is 0 Å². The van der Waals surface area contributed by atoms with Crippen LogP contribution in [0.3, 0.4) is 0 Å². The predicted octanol–water partition coefficient (Wildman–Crippen LogP) is 6.48. The molecule has 0 aliphatic heterocycles. The lowest BCUT2D eigenvalue weighted by Gasteiger charge is -2.24. The van der Waals surface area contributed by atoms with Crippen molar-refractivity contribution >= 4 is 15.9 Å². The number of hydrogen-bond donors (Lipinski definition) is 0. The first kappa shape index (κ1) is 19.1. The van der Waals surface area contributed by atoms with E-state index in [2.05, 4.69) is 22.9 Å². The Balaban J connectivity index is 3.67. The van der Waals surface area contributed by atoms with Gasteiger partial charge in [0, 0.05) is 0 Å². The van der Waals surface area contributed by atoms with Gasteiger partial charge in [-0.15, -0.1) is 0 Å². The van der Waals surface area contributed by atoms with Crippen LogP contribution in [0.1, 0.15) is 64.7 Å². The average molecular weight is 353 g/mol. The fourth-order valence-electron chi connectivity index (χ4n) is 1.82. The SMILES string of the molecule is CCCCCCCCCCC(Br)C(F)(F)C(F)(F)F. The minimum atomic E-state index is -5.47. The van der Waals surface area contributed by atoms with Crippen LogP contribution in [0.5, 0.6) is 0 Å². The molecule has 0 radical (unpaired) electrons. The monoisotopic (exact) mass is 352 g/mol. The van der Waals surface area contributed by atoms with E-state index >= 15 is 0 Å². The smallest absolute Gasteiger partial charge is 0.195 e. The lowest BCUT2D eigenvalue weighted by Crippen LogP contribution is -2.44. The summed E-state index contributed by atoms with van der Waals surface area (Å²) in [4.78, 5) is -1.82. The lowest BCUT2D eigenvalue weighted by atomic mass is 10.0. The van der Waals surface area contributed by atoms with Crippen LogP contribution in [0.4, 0.5) is 22.0 Å². The van der Waals surface area contributed by atoms with Gasteiger partial charge in [0.2, 0.25) is 0 Å². The van der Waals surface area contributed by atoms with E-state index in [1.165, 1.54) is 12.8 Å². The van der Waals surface area contributed by atoms with E-state index in [-0.39, 0.29) is 6.42 Å². The van der Waals surface area contributed by atoms with Crippen molar-refractivity contribution in [2.45, 2.75) is 81.6 Å². The van der Waals surface area contributed by atoms with Gasteiger partial charge < -0.3 is 0 Å². The van der Waals surface area contributed by atoms with Gasteiger partial charge in [-0.3, -0.25) is 0 Å². The summed E-state index contributed by atoms with van der Waals surface area (Å²) in [6.07, 6.45) is 2.07. The second-order valence-electron chi connectivity index (χ2n) is 4.85. The van der Waals surface area contributed by atoms with Gasteiger partial charge in [0.05, 0.1) is 4.83 Å². The summed E-state index contributed by atoms with van der Waals surface area (Å²) in [6, 6.07) is 0. The Morgan fingerprint density at radius 2 is 1.21 bits per heavy atom. The van der Waals surface area contributed by atoms with Crippen LogP contribution < -0.4 is 0 Å². The molecule has 0 amide bonds. The molecule has 0 nitrogen and oxygen atoms in total. The standard InChI is InChI=1S/C13H22BrF5/c1-2-3-4-5-6-7-8-9-10-11(14)12(15,16)13(17,18)19/h11H,2-10H2,1H3. The Morgan fingerprint density at radius 1 is 0.789 bits per heavy atom. The van der Waals surface area contributed by atoms with Crippen LogP contribution in [0.25, 0.3) is 0 Å². The number of hydrogen-bond acceptors (Lipinski definition) is 0. The Hall–Kier alpha value is 0.130. The Bertz CT molecular complexity index is 228. The maximum atomic E-state index is 12.9. The summed E-state index contributed by atoms with van der Waals surface area (Å²) in [5.41, 5.74) is 0. The van der Waals surface area contributed by atoms with Crippen molar-refractivity contribution in [3.05, 3.63) is 0 Å². The summed E-state index contributed by atoms with van der Waals surface area (Å²) in [7, 11) is 0. The zero-order chi connectivity index (χ0) is 14.9. The highest BCUT2D eigenvalue weighted by molar-refractivity contribution is 9.09. The molecule has 0 bridgehead atoms. The molecule has 19 heavy (non-hydrogen) atoms. The molecule has 0 aromatic heterocycles. The van der Waals surface area contributed by atoms with E-state index in [1.54, 1.807) is 0 Å². The molecule has 0 spiro atoms. The van der Waals surface area contributed by atoms with Crippen LogP contribution in [-0.4, -0.2) is 16.9 Å². The summed E-state index contributed by atoms with van der Waals surface area (Å²) < 4.78 is 61.9. The van der Waals surface area contributed by atoms with Crippen LogP contribution in [0, 0.1) is 0 Å². The second-order valence-corrected chi connectivity index (χ2v) is 5.96. The van der Waals surface area contributed by atoms with Crippen molar-refractivity contribution in [3.63, 3.8) is 0 Å². The molecule has 1 atom stereocenters. The Kier molecular flexibility index (Phi) is 9.20. The highest BCUT2D eigenvalue weighted by atomic mass is 79.9. The highest BCUT2D eigenvalue weighted by Gasteiger charge is 2.61. The van der Waals surface area contributed by atoms with Crippen molar-refractivity contribution in [2.24, 2.45) is 0 Å². The Morgan fingerprint density at radius 3 is 1.63 bits per heavy atom. The van der Waals surface area contributed by atoms with Crippen LogP contribution >= 0.6 is 15.9 Å². The number of rotatable bonds is 10. The van der Waals surface area contributed by atoms with Gasteiger partial charge in [-0.2, -0.15) is 22.0 Å².